The van der Waals surface area contributed by atoms with Gasteiger partial charge in [-0.1, -0.05) is 20.3 Å². The number of aldehydes is 1. The topological polar surface area (TPSA) is 55.4 Å². The van der Waals surface area contributed by atoms with Gasteiger partial charge >= 0.3 is 6.09 Å². The first-order valence-electron chi connectivity index (χ1n) is 5.25. The molecule has 0 spiro atoms. The van der Waals surface area contributed by atoms with Crippen LogP contribution in [-0.4, -0.2) is 24.0 Å². The van der Waals surface area contributed by atoms with Gasteiger partial charge in [-0.2, -0.15) is 0 Å². The summed E-state index contributed by atoms with van der Waals surface area (Å²) in [5.74, 6) is 0.120. The summed E-state index contributed by atoms with van der Waals surface area (Å²) in [5, 5.41) is 2.54. The molecule has 0 aromatic rings. The molecule has 0 heterocycles. The number of hydrogen-bond acceptors (Lipinski definition) is 3. The van der Waals surface area contributed by atoms with Crippen LogP contribution in [0.3, 0.4) is 0 Å². The fourth-order valence-electron chi connectivity index (χ4n) is 1.01. The molecule has 0 rings (SSSR count). The number of carbonyl (C=O) groups excluding carboxylic acids is 2. The van der Waals surface area contributed by atoms with E-state index in [1.54, 1.807) is 20.8 Å². The lowest BCUT2D eigenvalue weighted by molar-refractivity contribution is -0.110. The second-order valence-corrected chi connectivity index (χ2v) is 4.69. The van der Waals surface area contributed by atoms with Crippen LogP contribution in [0.15, 0.2) is 0 Å². The van der Waals surface area contributed by atoms with Crippen molar-refractivity contribution in [2.24, 2.45) is 5.92 Å². The van der Waals surface area contributed by atoms with Crippen molar-refractivity contribution in [3.05, 3.63) is 0 Å². The maximum atomic E-state index is 11.4. The summed E-state index contributed by atoms with van der Waals surface area (Å²) in [6.07, 6.45) is 1.04. The SMILES string of the molecule is CC[C@@H](C)C(C=O)NC(=O)OC(C)(C)C. The van der Waals surface area contributed by atoms with Crippen LogP contribution < -0.4 is 5.32 Å². The molecule has 15 heavy (non-hydrogen) atoms. The van der Waals surface area contributed by atoms with Gasteiger partial charge in [0.25, 0.3) is 0 Å². The largest absolute Gasteiger partial charge is 0.444 e. The Balaban J connectivity index is 4.19. The van der Waals surface area contributed by atoms with Crippen LogP contribution >= 0.6 is 0 Å². The number of carbonyl (C=O) groups is 2. The molecule has 0 aliphatic rings. The van der Waals surface area contributed by atoms with Crippen LogP contribution in [0.4, 0.5) is 4.79 Å². The highest BCUT2D eigenvalue weighted by molar-refractivity contribution is 5.73. The highest BCUT2D eigenvalue weighted by atomic mass is 16.6. The number of ether oxygens (including phenoxy) is 1. The smallest absolute Gasteiger partial charge is 0.408 e. The van der Waals surface area contributed by atoms with Crippen molar-refractivity contribution in [2.75, 3.05) is 0 Å². The van der Waals surface area contributed by atoms with E-state index in [0.717, 1.165) is 12.7 Å². The average molecular weight is 215 g/mol. The number of hydrogen-bond donors (Lipinski definition) is 1. The second-order valence-electron chi connectivity index (χ2n) is 4.69. The quantitative estimate of drug-likeness (QED) is 0.731. The molecule has 0 saturated heterocycles. The van der Waals surface area contributed by atoms with Gasteiger partial charge in [0.1, 0.15) is 11.9 Å². The summed E-state index contributed by atoms with van der Waals surface area (Å²) in [4.78, 5) is 22.1. The van der Waals surface area contributed by atoms with Crippen LogP contribution in [0.1, 0.15) is 41.0 Å². The molecular formula is C11H21NO3. The summed E-state index contributed by atoms with van der Waals surface area (Å²) >= 11 is 0. The molecule has 0 saturated carbocycles. The first-order chi connectivity index (χ1) is 6.80. The summed E-state index contributed by atoms with van der Waals surface area (Å²) in [6, 6.07) is -0.468. The molecule has 0 aromatic heterocycles. The van der Waals surface area contributed by atoms with E-state index in [4.69, 9.17) is 4.74 Å². The van der Waals surface area contributed by atoms with Gasteiger partial charge in [-0.3, -0.25) is 0 Å². The maximum absolute atomic E-state index is 11.4. The van der Waals surface area contributed by atoms with E-state index < -0.39 is 17.7 Å². The molecule has 88 valence electrons. The van der Waals surface area contributed by atoms with Gasteiger partial charge in [0, 0.05) is 0 Å². The lowest BCUT2D eigenvalue weighted by Crippen LogP contribution is -2.43. The molecule has 0 fully saturated rings. The minimum Gasteiger partial charge on any atom is -0.444 e. The predicted molar refractivity (Wildman–Crippen MR) is 58.7 cm³/mol. The van der Waals surface area contributed by atoms with Crippen molar-refractivity contribution in [3.8, 4) is 0 Å². The molecule has 4 nitrogen and oxygen atoms in total. The standard InChI is InChI=1S/C11H21NO3/c1-6-8(2)9(7-13)12-10(14)15-11(3,4)5/h7-9H,6H2,1-5H3,(H,12,14)/t8-,9?/m1/s1. The van der Waals surface area contributed by atoms with E-state index in [1.807, 2.05) is 13.8 Å². The Morgan fingerprint density at radius 2 is 2.00 bits per heavy atom. The summed E-state index contributed by atoms with van der Waals surface area (Å²) in [5.41, 5.74) is -0.535. The van der Waals surface area contributed by atoms with Gasteiger partial charge in [0.15, 0.2) is 0 Å². The first kappa shape index (κ1) is 13.9. The van der Waals surface area contributed by atoms with E-state index in [0.29, 0.717) is 0 Å². The van der Waals surface area contributed by atoms with Crippen molar-refractivity contribution in [3.63, 3.8) is 0 Å². The van der Waals surface area contributed by atoms with Crippen LogP contribution in [0, 0.1) is 5.92 Å². The third-order valence-corrected chi connectivity index (χ3v) is 2.09. The Morgan fingerprint density at radius 1 is 1.47 bits per heavy atom. The average Bonchev–Trinajstić information content (AvgIpc) is 2.10. The van der Waals surface area contributed by atoms with Crippen molar-refractivity contribution >= 4 is 12.4 Å². The Morgan fingerprint density at radius 3 is 2.33 bits per heavy atom. The monoisotopic (exact) mass is 215 g/mol. The molecule has 2 atom stereocenters. The first-order valence-corrected chi connectivity index (χ1v) is 5.25. The highest BCUT2D eigenvalue weighted by Crippen LogP contribution is 2.09. The zero-order valence-electron chi connectivity index (χ0n) is 10.2. The van der Waals surface area contributed by atoms with Gasteiger partial charge in [0.2, 0.25) is 0 Å². The lowest BCUT2D eigenvalue weighted by atomic mass is 10.0. The summed E-state index contributed by atoms with van der Waals surface area (Å²) in [7, 11) is 0. The van der Waals surface area contributed by atoms with Gasteiger partial charge in [-0.15, -0.1) is 0 Å². The third-order valence-electron chi connectivity index (χ3n) is 2.09. The van der Waals surface area contributed by atoms with E-state index in [2.05, 4.69) is 5.32 Å². The minimum atomic E-state index is -0.542. The molecule has 4 heteroatoms. The lowest BCUT2D eigenvalue weighted by Gasteiger charge is -2.23. The van der Waals surface area contributed by atoms with Crippen LogP contribution in [0.2, 0.25) is 0 Å². The number of nitrogens with one attached hydrogen (secondary N) is 1. The van der Waals surface area contributed by atoms with E-state index in [9.17, 15) is 9.59 Å². The Bertz CT molecular complexity index is 220. The molecular weight excluding hydrogens is 194 g/mol. The number of rotatable bonds is 4. The van der Waals surface area contributed by atoms with E-state index in [1.165, 1.54) is 0 Å². The minimum absolute atomic E-state index is 0.120. The Hall–Kier alpha value is -1.06. The molecule has 0 radical (unpaired) electrons. The van der Waals surface area contributed by atoms with Crippen molar-refractivity contribution in [2.45, 2.75) is 52.7 Å². The van der Waals surface area contributed by atoms with Gasteiger partial charge < -0.3 is 14.8 Å². The summed E-state index contributed by atoms with van der Waals surface area (Å²) in [6.45, 7) is 9.23. The van der Waals surface area contributed by atoms with Crippen LogP contribution in [-0.2, 0) is 9.53 Å². The number of alkyl carbamates (subject to hydrolysis) is 1. The van der Waals surface area contributed by atoms with E-state index >= 15 is 0 Å². The van der Waals surface area contributed by atoms with Crippen LogP contribution in [0.5, 0.6) is 0 Å². The zero-order valence-corrected chi connectivity index (χ0v) is 10.2. The maximum Gasteiger partial charge on any atom is 0.408 e. The normalized spacial score (nSPS) is 15.3. The highest BCUT2D eigenvalue weighted by Gasteiger charge is 2.21. The Kier molecular flexibility index (Phi) is 5.33. The van der Waals surface area contributed by atoms with Crippen molar-refractivity contribution in [1.29, 1.82) is 0 Å². The van der Waals surface area contributed by atoms with Gasteiger partial charge in [-0.25, -0.2) is 4.79 Å². The van der Waals surface area contributed by atoms with Crippen LogP contribution in [0.25, 0.3) is 0 Å². The molecule has 0 aromatic carbocycles. The second kappa shape index (κ2) is 5.73. The zero-order chi connectivity index (χ0) is 12.1. The predicted octanol–water partition coefficient (Wildman–Crippen LogP) is 2.12. The molecule has 1 unspecified atom stereocenters. The molecule has 1 N–H and O–H groups in total. The molecule has 0 aliphatic carbocycles. The summed E-state index contributed by atoms with van der Waals surface area (Å²) < 4.78 is 5.06. The van der Waals surface area contributed by atoms with Crippen molar-refractivity contribution < 1.29 is 14.3 Å². The fraction of sp³-hybridized carbons (Fsp3) is 0.818. The van der Waals surface area contributed by atoms with Gasteiger partial charge in [-0.05, 0) is 26.7 Å². The fourth-order valence-corrected chi connectivity index (χ4v) is 1.01. The van der Waals surface area contributed by atoms with Crippen molar-refractivity contribution in [1.82, 2.24) is 5.32 Å². The Labute approximate surface area is 91.4 Å². The molecule has 0 bridgehead atoms. The molecule has 0 aliphatic heterocycles. The third kappa shape index (κ3) is 6.10. The van der Waals surface area contributed by atoms with E-state index in [-0.39, 0.29) is 5.92 Å². The van der Waals surface area contributed by atoms with Gasteiger partial charge in [0.05, 0.1) is 6.04 Å². The molecule has 1 amide bonds. The number of amides is 1.